The smallest absolute Gasteiger partial charge is 0.287 e. The Morgan fingerprint density at radius 1 is 1.20 bits per heavy atom. The lowest BCUT2D eigenvalue weighted by atomic mass is 10.1. The van der Waals surface area contributed by atoms with Crippen LogP contribution in [0.2, 0.25) is 0 Å². The number of alkyl halides is 3. The molecule has 0 spiro atoms. The second-order valence-electron chi connectivity index (χ2n) is 3.19. The number of carbonyl (C=O) groups excluding carboxylic acids is 1. The van der Waals surface area contributed by atoms with Crippen LogP contribution < -0.4 is 0 Å². The van der Waals surface area contributed by atoms with Crippen LogP contribution in [0.25, 0.3) is 0 Å². The number of hydrogen-bond acceptors (Lipinski definition) is 2. The average Bonchev–Trinajstić information content (AvgIpc) is 2.27. The molecule has 0 saturated heterocycles. The molecule has 6 heteroatoms. The second-order valence-corrected chi connectivity index (χ2v) is 3.80. The number of carbonyl (C=O) groups is 1. The van der Waals surface area contributed by atoms with E-state index in [2.05, 4.69) is 12.6 Å². The molecule has 0 saturated carbocycles. The lowest BCUT2D eigenvalue weighted by Gasteiger charge is -2.20. The van der Waals surface area contributed by atoms with Crippen molar-refractivity contribution < 1.29 is 22.4 Å². The van der Waals surface area contributed by atoms with Crippen molar-refractivity contribution in [3.05, 3.63) is 35.1 Å². The third-order valence-corrected chi connectivity index (χ3v) is 2.80. The van der Waals surface area contributed by atoms with Gasteiger partial charge in [0.2, 0.25) is 5.78 Å². The highest BCUT2D eigenvalue weighted by molar-refractivity contribution is 7.81. The van der Waals surface area contributed by atoms with E-state index in [-0.39, 0.29) is 0 Å². The maximum Gasteiger partial charge on any atom is 0.356 e. The Hall–Kier alpha value is -1.04. The van der Waals surface area contributed by atoms with E-state index in [4.69, 9.17) is 0 Å². The van der Waals surface area contributed by atoms with Gasteiger partial charge in [-0.05, 0) is 6.07 Å². The summed E-state index contributed by atoms with van der Waals surface area (Å²) in [6.45, 7) is 0. The Morgan fingerprint density at radius 2 is 1.80 bits per heavy atom. The molecule has 15 heavy (non-hydrogen) atoms. The van der Waals surface area contributed by atoms with Crippen molar-refractivity contribution in [2.24, 2.45) is 0 Å². The lowest BCUT2D eigenvalue weighted by molar-refractivity contribution is -0.0532. The normalized spacial score (nSPS) is 27.9. The summed E-state index contributed by atoms with van der Waals surface area (Å²) in [5.74, 6) is -7.27. The summed E-state index contributed by atoms with van der Waals surface area (Å²) in [5, 5.41) is -3.58. The van der Waals surface area contributed by atoms with Crippen molar-refractivity contribution in [3.8, 4) is 0 Å². The van der Waals surface area contributed by atoms with Crippen molar-refractivity contribution in [1.82, 2.24) is 0 Å². The van der Waals surface area contributed by atoms with E-state index in [1.807, 2.05) is 0 Å². The largest absolute Gasteiger partial charge is 0.356 e. The first-order chi connectivity index (χ1) is 6.80. The summed E-state index contributed by atoms with van der Waals surface area (Å²) in [7, 11) is 0. The summed E-state index contributed by atoms with van der Waals surface area (Å²) in [6.07, 6.45) is 0. The van der Waals surface area contributed by atoms with Crippen LogP contribution in [0.3, 0.4) is 0 Å². The Morgan fingerprint density at radius 3 is 2.33 bits per heavy atom. The van der Waals surface area contributed by atoms with Crippen molar-refractivity contribution in [2.75, 3.05) is 0 Å². The van der Waals surface area contributed by atoms with Gasteiger partial charge in [-0.25, -0.2) is 8.78 Å². The molecule has 1 aliphatic carbocycles. The first-order valence-electron chi connectivity index (χ1n) is 3.93. The highest BCUT2D eigenvalue weighted by Crippen LogP contribution is 2.53. The number of halogens is 4. The van der Waals surface area contributed by atoms with E-state index in [9.17, 15) is 22.4 Å². The topological polar surface area (TPSA) is 17.1 Å². The fraction of sp³-hybridized carbons (Fsp3) is 0.222. The van der Waals surface area contributed by atoms with Gasteiger partial charge in [-0.1, -0.05) is 12.1 Å². The fourth-order valence-corrected chi connectivity index (χ4v) is 1.86. The van der Waals surface area contributed by atoms with Gasteiger partial charge in [0.1, 0.15) is 5.82 Å². The molecule has 0 heterocycles. The van der Waals surface area contributed by atoms with Crippen LogP contribution in [-0.2, 0) is 5.00 Å². The van der Waals surface area contributed by atoms with Gasteiger partial charge in [-0.3, -0.25) is 4.79 Å². The molecule has 1 unspecified atom stereocenters. The molecule has 0 fully saturated rings. The SMILES string of the molecule is O=C1c2cccc(F)c2C(F)(S)C1(F)F. The van der Waals surface area contributed by atoms with Gasteiger partial charge in [-0.15, -0.1) is 12.6 Å². The van der Waals surface area contributed by atoms with Crippen LogP contribution in [0, 0.1) is 5.82 Å². The molecule has 1 atom stereocenters. The minimum absolute atomic E-state index is 0.655. The van der Waals surface area contributed by atoms with Gasteiger partial charge in [-0.2, -0.15) is 8.78 Å². The van der Waals surface area contributed by atoms with Gasteiger partial charge in [0, 0.05) is 5.56 Å². The molecule has 0 N–H and O–H groups in total. The Balaban J connectivity index is 2.81. The van der Waals surface area contributed by atoms with E-state index in [1.54, 1.807) is 0 Å². The highest BCUT2D eigenvalue weighted by atomic mass is 32.1. The molecular weight excluding hydrogens is 232 g/mol. The zero-order valence-electron chi connectivity index (χ0n) is 7.10. The summed E-state index contributed by atoms with van der Waals surface area (Å²) < 4.78 is 52.9. The van der Waals surface area contributed by atoms with Crippen molar-refractivity contribution in [2.45, 2.75) is 10.9 Å². The molecule has 80 valence electrons. The van der Waals surface area contributed by atoms with Gasteiger partial charge in [0.15, 0.2) is 0 Å². The molecule has 0 radical (unpaired) electrons. The average molecular weight is 236 g/mol. The summed E-state index contributed by atoms with van der Waals surface area (Å²) in [5.41, 5.74) is -1.64. The summed E-state index contributed by atoms with van der Waals surface area (Å²) in [6, 6.07) is 2.82. The van der Waals surface area contributed by atoms with Crippen LogP contribution in [0.4, 0.5) is 17.6 Å². The standard InChI is InChI=1S/C9H4F4OS/c10-5-3-1-2-4-6(5)9(13,15)8(11,12)7(4)14/h1-3,15H. The molecule has 1 aromatic carbocycles. The predicted octanol–water partition coefficient (Wildman–Crippen LogP) is 2.71. The van der Waals surface area contributed by atoms with Crippen LogP contribution in [0.15, 0.2) is 18.2 Å². The first kappa shape index (κ1) is 10.5. The van der Waals surface area contributed by atoms with Crippen LogP contribution in [0.1, 0.15) is 15.9 Å². The van der Waals surface area contributed by atoms with E-state index in [1.165, 1.54) is 0 Å². The number of Topliss-reactive ketones (excluding diaryl/α,β-unsaturated/α-hetero) is 1. The van der Waals surface area contributed by atoms with Gasteiger partial charge < -0.3 is 0 Å². The van der Waals surface area contributed by atoms with Crippen molar-refractivity contribution >= 4 is 18.4 Å². The molecular formula is C9H4F4OS. The van der Waals surface area contributed by atoms with E-state index < -0.39 is 33.7 Å². The van der Waals surface area contributed by atoms with Crippen molar-refractivity contribution in [1.29, 1.82) is 0 Å². The Bertz CT molecular complexity index is 455. The summed E-state index contributed by atoms with van der Waals surface area (Å²) >= 11 is 3.06. The number of thiol groups is 1. The zero-order valence-corrected chi connectivity index (χ0v) is 7.99. The minimum Gasteiger partial charge on any atom is -0.287 e. The lowest BCUT2D eigenvalue weighted by Crippen LogP contribution is -2.37. The number of benzene rings is 1. The summed E-state index contributed by atoms with van der Waals surface area (Å²) in [4.78, 5) is 11.1. The van der Waals surface area contributed by atoms with Gasteiger partial charge >= 0.3 is 5.92 Å². The molecule has 0 bridgehead atoms. The number of fused-ring (bicyclic) bond motifs is 1. The monoisotopic (exact) mass is 236 g/mol. The van der Waals surface area contributed by atoms with Crippen LogP contribution in [-0.4, -0.2) is 11.7 Å². The third kappa shape index (κ3) is 1.08. The predicted molar refractivity (Wildman–Crippen MR) is 47.4 cm³/mol. The first-order valence-corrected chi connectivity index (χ1v) is 4.37. The fourth-order valence-electron chi connectivity index (χ4n) is 1.53. The quantitative estimate of drug-likeness (QED) is 0.541. The van der Waals surface area contributed by atoms with E-state index >= 15 is 0 Å². The third-order valence-electron chi connectivity index (χ3n) is 2.29. The molecule has 0 aromatic heterocycles. The molecule has 0 aliphatic heterocycles. The van der Waals surface area contributed by atoms with E-state index in [0.29, 0.717) is 0 Å². The second kappa shape index (κ2) is 2.75. The molecule has 0 amide bonds. The Kier molecular flexibility index (Phi) is 1.92. The number of hydrogen-bond donors (Lipinski definition) is 1. The molecule has 1 aliphatic rings. The molecule has 1 nitrogen and oxygen atoms in total. The Labute approximate surface area is 87.5 Å². The maximum absolute atomic E-state index is 13.5. The molecule has 1 aromatic rings. The number of ketones is 1. The van der Waals surface area contributed by atoms with Crippen LogP contribution in [0.5, 0.6) is 0 Å². The van der Waals surface area contributed by atoms with Gasteiger partial charge in [0.05, 0.1) is 5.56 Å². The van der Waals surface area contributed by atoms with Crippen LogP contribution >= 0.6 is 12.6 Å². The van der Waals surface area contributed by atoms with Gasteiger partial charge in [0.25, 0.3) is 5.00 Å². The highest BCUT2D eigenvalue weighted by Gasteiger charge is 2.67. The van der Waals surface area contributed by atoms with Crippen molar-refractivity contribution in [3.63, 3.8) is 0 Å². The minimum atomic E-state index is -4.33. The zero-order chi connectivity index (χ0) is 11.4. The number of rotatable bonds is 0. The molecule has 2 rings (SSSR count). The maximum atomic E-state index is 13.5. The van der Waals surface area contributed by atoms with E-state index in [0.717, 1.165) is 18.2 Å².